The zero-order valence-corrected chi connectivity index (χ0v) is 12.3. The fourth-order valence-corrected chi connectivity index (χ4v) is 1.98. The molecule has 1 amide bonds. The van der Waals surface area contributed by atoms with Crippen molar-refractivity contribution in [3.8, 4) is 0 Å². The summed E-state index contributed by atoms with van der Waals surface area (Å²) < 4.78 is 0. The van der Waals surface area contributed by atoms with E-state index in [-0.39, 0.29) is 18.9 Å². The van der Waals surface area contributed by atoms with Crippen LogP contribution in [0, 0.1) is 5.92 Å². The molecule has 0 heterocycles. The second-order valence-electron chi connectivity index (χ2n) is 4.91. The van der Waals surface area contributed by atoms with Gasteiger partial charge in [-0.15, -0.1) is 0 Å². The van der Waals surface area contributed by atoms with E-state index in [9.17, 15) is 4.79 Å². The van der Waals surface area contributed by atoms with Gasteiger partial charge in [-0.05, 0) is 5.92 Å². The molecule has 0 aromatic rings. The summed E-state index contributed by atoms with van der Waals surface area (Å²) in [6, 6.07) is 0. The van der Waals surface area contributed by atoms with Crippen molar-refractivity contribution in [1.82, 2.24) is 5.32 Å². The molecule has 0 saturated heterocycles. The van der Waals surface area contributed by atoms with Crippen molar-refractivity contribution in [3.05, 3.63) is 0 Å². The normalized spacial score (nSPS) is 17.6. The van der Waals surface area contributed by atoms with Gasteiger partial charge in [-0.1, -0.05) is 39.0 Å². The highest BCUT2D eigenvalue weighted by Gasteiger charge is 2.07. The Kier molecular flexibility index (Phi) is 11.6. The molecular weight excluding hydrogens is 248 g/mol. The Morgan fingerprint density at radius 2 is 2.06 bits per heavy atom. The van der Waals surface area contributed by atoms with E-state index in [2.05, 4.69) is 24.9 Å². The number of hydrogen-bond acceptors (Lipinski definition) is 4. The molecule has 1 unspecified atom stereocenters. The Morgan fingerprint density at radius 1 is 1.44 bits per heavy atom. The molecule has 0 aliphatic heterocycles. The molecule has 4 N–H and O–H groups in total. The van der Waals surface area contributed by atoms with Crippen molar-refractivity contribution in [2.75, 3.05) is 18.8 Å². The Hall–Kier alpha value is -0.260. The third-order valence-electron chi connectivity index (χ3n) is 3.02. The van der Waals surface area contributed by atoms with Crippen LogP contribution in [0.5, 0.6) is 0 Å². The lowest BCUT2D eigenvalue weighted by molar-refractivity contribution is -0.122. The van der Waals surface area contributed by atoms with Crippen molar-refractivity contribution in [2.24, 2.45) is 11.7 Å². The van der Waals surface area contributed by atoms with Crippen LogP contribution in [-0.2, 0) is 4.79 Å². The highest BCUT2D eigenvalue weighted by molar-refractivity contribution is 7.80. The first-order valence-electron chi connectivity index (χ1n) is 6.85. The number of carbonyl (C=O) groups is 1. The summed E-state index contributed by atoms with van der Waals surface area (Å²) in [4.78, 5) is 10.8. The van der Waals surface area contributed by atoms with Crippen LogP contribution in [0.2, 0.25) is 0 Å². The summed E-state index contributed by atoms with van der Waals surface area (Å²) >= 11 is 3.91. The maximum atomic E-state index is 10.8. The van der Waals surface area contributed by atoms with Gasteiger partial charge in [0.1, 0.15) is 0 Å². The maximum absolute atomic E-state index is 10.8. The van der Waals surface area contributed by atoms with E-state index in [4.69, 9.17) is 10.8 Å². The number of nitrogens with one attached hydrogen (secondary N) is 1. The Balaban J connectivity index is 0.000000351. The van der Waals surface area contributed by atoms with Gasteiger partial charge in [-0.3, -0.25) is 4.79 Å². The van der Waals surface area contributed by atoms with Crippen LogP contribution < -0.4 is 11.1 Å². The molecule has 1 atom stereocenters. The predicted octanol–water partition coefficient (Wildman–Crippen LogP) is 1.33. The van der Waals surface area contributed by atoms with E-state index in [0.29, 0.717) is 12.3 Å². The average Bonchev–Trinajstić information content (AvgIpc) is 2.38. The van der Waals surface area contributed by atoms with E-state index in [1.165, 1.54) is 32.1 Å². The van der Waals surface area contributed by atoms with E-state index in [1.807, 2.05) is 0 Å². The van der Waals surface area contributed by atoms with Gasteiger partial charge in [-0.2, -0.15) is 12.6 Å². The zero-order valence-electron chi connectivity index (χ0n) is 11.4. The van der Waals surface area contributed by atoms with E-state index >= 15 is 0 Å². The van der Waals surface area contributed by atoms with Gasteiger partial charge in [0.2, 0.25) is 5.91 Å². The first-order chi connectivity index (χ1) is 8.60. The fraction of sp³-hybridized carbons (Fsp3) is 0.923. The Bertz CT molecular complexity index is 209. The average molecular weight is 276 g/mol. The molecule has 4 nitrogen and oxygen atoms in total. The van der Waals surface area contributed by atoms with Gasteiger partial charge >= 0.3 is 0 Å². The van der Waals surface area contributed by atoms with Gasteiger partial charge in [0, 0.05) is 18.8 Å². The van der Waals surface area contributed by atoms with E-state index in [0.717, 1.165) is 5.92 Å². The Morgan fingerprint density at radius 3 is 2.44 bits per heavy atom. The standard InChI is InChI=1S/C7H14.C6H14N2O2S/c1-7-5-3-2-4-6-7;7-4-5(9)3-6(10)8-1-2-11/h7H,2-6H2,1H3;5,9,11H,1-4,7H2,(H,8,10). The summed E-state index contributed by atoms with van der Waals surface area (Å²) in [6.07, 6.45) is 6.78. The smallest absolute Gasteiger partial charge is 0.222 e. The Labute approximate surface area is 116 Å². The molecule has 1 aliphatic carbocycles. The highest BCUT2D eigenvalue weighted by atomic mass is 32.1. The molecule has 0 spiro atoms. The molecule has 1 fully saturated rings. The minimum atomic E-state index is -0.727. The number of carbonyl (C=O) groups excluding carboxylic acids is 1. The second-order valence-corrected chi connectivity index (χ2v) is 5.36. The third-order valence-corrected chi connectivity index (χ3v) is 3.24. The van der Waals surface area contributed by atoms with Gasteiger partial charge in [0.05, 0.1) is 12.5 Å². The molecule has 0 bridgehead atoms. The van der Waals surface area contributed by atoms with Crippen LogP contribution in [0.1, 0.15) is 45.4 Å². The molecule has 18 heavy (non-hydrogen) atoms. The molecule has 0 aromatic heterocycles. The summed E-state index contributed by atoms with van der Waals surface area (Å²) in [5, 5.41) is 11.5. The van der Waals surface area contributed by atoms with Crippen LogP contribution >= 0.6 is 12.6 Å². The molecule has 1 aliphatic rings. The number of hydrogen-bond donors (Lipinski definition) is 4. The monoisotopic (exact) mass is 276 g/mol. The van der Waals surface area contributed by atoms with Crippen molar-refractivity contribution in [1.29, 1.82) is 0 Å². The number of amides is 1. The van der Waals surface area contributed by atoms with Crippen LogP contribution in [0.3, 0.4) is 0 Å². The first-order valence-corrected chi connectivity index (χ1v) is 7.49. The number of rotatable bonds is 5. The largest absolute Gasteiger partial charge is 0.391 e. The number of thiol groups is 1. The third kappa shape index (κ3) is 10.9. The lowest BCUT2D eigenvalue weighted by Gasteiger charge is -2.15. The van der Waals surface area contributed by atoms with Gasteiger partial charge in [0.15, 0.2) is 0 Å². The first kappa shape index (κ1) is 17.7. The fourth-order valence-electron chi connectivity index (χ4n) is 1.87. The number of aliphatic hydroxyl groups is 1. The summed E-state index contributed by atoms with van der Waals surface area (Å²) in [6.45, 7) is 3.01. The molecule has 108 valence electrons. The summed E-state index contributed by atoms with van der Waals surface area (Å²) in [5.41, 5.74) is 5.10. The molecule has 0 radical (unpaired) electrons. The van der Waals surface area contributed by atoms with Crippen LogP contribution in [0.4, 0.5) is 0 Å². The van der Waals surface area contributed by atoms with E-state index in [1.54, 1.807) is 0 Å². The molecular formula is C13H28N2O2S. The van der Waals surface area contributed by atoms with Gasteiger partial charge < -0.3 is 16.2 Å². The van der Waals surface area contributed by atoms with Crippen LogP contribution in [0.25, 0.3) is 0 Å². The molecule has 0 aromatic carbocycles. The summed E-state index contributed by atoms with van der Waals surface area (Å²) in [7, 11) is 0. The lowest BCUT2D eigenvalue weighted by Crippen LogP contribution is -2.31. The van der Waals surface area contributed by atoms with Crippen LogP contribution in [-0.4, -0.2) is 36.0 Å². The topological polar surface area (TPSA) is 75.3 Å². The van der Waals surface area contributed by atoms with Crippen molar-refractivity contribution >= 4 is 18.5 Å². The molecule has 1 saturated carbocycles. The zero-order chi connectivity index (χ0) is 13.8. The number of aliphatic hydroxyl groups excluding tert-OH is 1. The van der Waals surface area contributed by atoms with E-state index < -0.39 is 6.10 Å². The van der Waals surface area contributed by atoms with Gasteiger partial charge in [0.25, 0.3) is 0 Å². The SMILES string of the molecule is CC1CCCCC1.NCC(O)CC(=O)NCCS. The molecule has 1 rings (SSSR count). The molecule has 5 heteroatoms. The maximum Gasteiger partial charge on any atom is 0.222 e. The second kappa shape index (κ2) is 11.8. The predicted molar refractivity (Wildman–Crippen MR) is 78.8 cm³/mol. The van der Waals surface area contributed by atoms with Gasteiger partial charge in [-0.25, -0.2) is 0 Å². The highest BCUT2D eigenvalue weighted by Crippen LogP contribution is 2.22. The minimum Gasteiger partial charge on any atom is -0.391 e. The number of nitrogens with two attached hydrogens (primary N) is 1. The van der Waals surface area contributed by atoms with Crippen molar-refractivity contribution in [2.45, 2.75) is 51.6 Å². The minimum absolute atomic E-state index is 0.0737. The van der Waals surface area contributed by atoms with Crippen molar-refractivity contribution in [3.63, 3.8) is 0 Å². The quantitative estimate of drug-likeness (QED) is 0.572. The van der Waals surface area contributed by atoms with Crippen LogP contribution in [0.15, 0.2) is 0 Å². The summed E-state index contributed by atoms with van der Waals surface area (Å²) in [5.74, 6) is 1.45. The lowest BCUT2D eigenvalue weighted by atomic mass is 9.91. The van der Waals surface area contributed by atoms with Crippen molar-refractivity contribution < 1.29 is 9.90 Å².